The predicted molar refractivity (Wildman–Crippen MR) is 119 cm³/mol. The Labute approximate surface area is 186 Å². The lowest BCUT2D eigenvalue weighted by Gasteiger charge is -2.07. The van der Waals surface area contributed by atoms with Crippen molar-refractivity contribution in [3.8, 4) is 11.8 Å². The third-order valence-electron chi connectivity index (χ3n) is 4.47. The van der Waals surface area contributed by atoms with E-state index in [1.807, 2.05) is 25.1 Å². The van der Waals surface area contributed by atoms with Gasteiger partial charge in [0.25, 0.3) is 5.91 Å². The number of aromatic nitrogens is 2. The topological polar surface area (TPSA) is 97.0 Å². The summed E-state index contributed by atoms with van der Waals surface area (Å²) in [4.78, 5) is 25.8. The van der Waals surface area contributed by atoms with E-state index in [-0.39, 0.29) is 0 Å². The van der Waals surface area contributed by atoms with Gasteiger partial charge in [-0.25, -0.2) is 9.48 Å². The van der Waals surface area contributed by atoms with Crippen LogP contribution in [0, 0.1) is 18.3 Å². The van der Waals surface area contributed by atoms with E-state index in [4.69, 9.17) is 21.6 Å². The van der Waals surface area contributed by atoms with Gasteiger partial charge in [-0.1, -0.05) is 23.7 Å². The average Bonchev–Trinajstić information content (AvgIpc) is 3.34. The molecule has 1 amide bonds. The number of thiophene rings is 1. The van der Waals surface area contributed by atoms with Gasteiger partial charge in [0.05, 0.1) is 22.6 Å². The number of anilines is 1. The number of benzene rings is 2. The number of fused-ring (bicyclic) bond motifs is 1. The summed E-state index contributed by atoms with van der Waals surface area (Å²) in [7, 11) is 0. The number of hydrogen-bond donors (Lipinski definition) is 1. The Hall–Kier alpha value is -3.67. The zero-order valence-electron chi connectivity index (χ0n) is 16.3. The summed E-state index contributed by atoms with van der Waals surface area (Å²) in [5, 5.41) is 17.6. The minimum absolute atomic E-state index is 0.328. The summed E-state index contributed by atoms with van der Waals surface area (Å²) in [5.41, 5.74) is 2.28. The van der Waals surface area contributed by atoms with Crippen LogP contribution < -0.4 is 5.32 Å². The molecule has 31 heavy (non-hydrogen) atoms. The van der Waals surface area contributed by atoms with E-state index in [1.165, 1.54) is 11.3 Å². The summed E-state index contributed by atoms with van der Waals surface area (Å²) in [5.74, 6) is -1.13. The monoisotopic (exact) mass is 450 g/mol. The molecule has 0 bridgehead atoms. The summed E-state index contributed by atoms with van der Waals surface area (Å²) in [6, 6.07) is 17.5. The van der Waals surface area contributed by atoms with Crippen LogP contribution in [-0.4, -0.2) is 28.3 Å². The van der Waals surface area contributed by atoms with Gasteiger partial charge in [-0.15, -0.1) is 11.3 Å². The molecule has 0 saturated heterocycles. The Morgan fingerprint density at radius 2 is 1.97 bits per heavy atom. The van der Waals surface area contributed by atoms with Crippen LogP contribution in [0.15, 0.2) is 54.6 Å². The number of amides is 1. The first-order valence-corrected chi connectivity index (χ1v) is 10.4. The highest BCUT2D eigenvalue weighted by Crippen LogP contribution is 2.31. The number of halogens is 1. The quantitative estimate of drug-likeness (QED) is 0.444. The maximum absolute atomic E-state index is 12.5. The predicted octanol–water partition coefficient (Wildman–Crippen LogP) is 4.72. The second-order valence-corrected chi connectivity index (χ2v) is 8.05. The van der Waals surface area contributed by atoms with Crippen LogP contribution in [0.4, 0.5) is 5.69 Å². The molecule has 2 aromatic heterocycles. The Bertz CT molecular complexity index is 1340. The van der Waals surface area contributed by atoms with Gasteiger partial charge in [-0.3, -0.25) is 4.79 Å². The van der Waals surface area contributed by atoms with Crippen molar-refractivity contribution >= 4 is 50.7 Å². The molecule has 9 heteroatoms. The zero-order chi connectivity index (χ0) is 22.0. The molecule has 4 rings (SSSR count). The normalized spacial score (nSPS) is 10.6. The number of nitrogens with one attached hydrogen (secondary N) is 1. The van der Waals surface area contributed by atoms with Gasteiger partial charge in [0, 0.05) is 10.4 Å². The van der Waals surface area contributed by atoms with E-state index in [9.17, 15) is 9.59 Å². The molecule has 2 heterocycles. The highest BCUT2D eigenvalue weighted by molar-refractivity contribution is 7.20. The molecular formula is C22H15ClN4O3S. The first kappa shape index (κ1) is 20.6. The van der Waals surface area contributed by atoms with Gasteiger partial charge < -0.3 is 10.1 Å². The molecule has 0 atom stereocenters. The van der Waals surface area contributed by atoms with Crippen molar-refractivity contribution in [2.75, 3.05) is 11.9 Å². The molecule has 0 spiro atoms. The second kappa shape index (κ2) is 8.60. The first-order valence-electron chi connectivity index (χ1n) is 9.17. The highest BCUT2D eigenvalue weighted by atomic mass is 35.5. The zero-order valence-corrected chi connectivity index (χ0v) is 17.8. The van der Waals surface area contributed by atoms with E-state index in [1.54, 1.807) is 47.1 Å². The van der Waals surface area contributed by atoms with Crippen molar-refractivity contribution in [1.82, 2.24) is 9.78 Å². The number of carbonyl (C=O) groups is 2. The lowest BCUT2D eigenvalue weighted by atomic mass is 10.2. The Kier molecular flexibility index (Phi) is 5.71. The number of hydrogen-bond acceptors (Lipinski definition) is 6. The van der Waals surface area contributed by atoms with Gasteiger partial charge in [0.2, 0.25) is 0 Å². The Balaban J connectivity index is 1.48. The molecule has 0 unspecified atom stereocenters. The van der Waals surface area contributed by atoms with Gasteiger partial charge in [0.15, 0.2) is 6.61 Å². The van der Waals surface area contributed by atoms with Crippen LogP contribution >= 0.6 is 22.9 Å². The molecule has 2 aromatic carbocycles. The molecule has 7 nitrogen and oxygen atoms in total. The molecule has 154 valence electrons. The van der Waals surface area contributed by atoms with Crippen molar-refractivity contribution in [1.29, 1.82) is 5.26 Å². The number of esters is 1. The van der Waals surface area contributed by atoms with Gasteiger partial charge in [-0.2, -0.15) is 10.4 Å². The van der Waals surface area contributed by atoms with E-state index in [2.05, 4.69) is 10.4 Å². The third kappa shape index (κ3) is 4.28. The van der Waals surface area contributed by atoms with Crippen molar-refractivity contribution in [2.45, 2.75) is 6.92 Å². The molecule has 0 aliphatic heterocycles. The number of rotatable bonds is 5. The SMILES string of the molecule is Cc1nn(-c2ccc(Cl)cc2)c2sc(C(=O)OCC(=O)Nc3ccccc3C#N)cc12. The summed E-state index contributed by atoms with van der Waals surface area (Å²) < 4.78 is 6.91. The van der Waals surface area contributed by atoms with E-state index in [0.717, 1.165) is 21.6 Å². The Morgan fingerprint density at radius 1 is 1.23 bits per heavy atom. The first-order chi connectivity index (χ1) is 15.0. The van der Waals surface area contributed by atoms with Crippen LogP contribution in [0.2, 0.25) is 5.02 Å². The number of nitrogens with zero attached hydrogens (tertiary/aromatic N) is 3. The lowest BCUT2D eigenvalue weighted by molar-refractivity contribution is -0.119. The van der Waals surface area contributed by atoms with Crippen LogP contribution in [0.1, 0.15) is 20.9 Å². The standard InChI is InChI=1S/C22H15ClN4O3S/c1-13-17-10-19(31-21(17)27(26-13)16-8-6-15(23)7-9-16)22(29)30-12-20(28)25-18-5-3-2-4-14(18)11-24/h2-10H,12H2,1H3,(H,25,28). The highest BCUT2D eigenvalue weighted by Gasteiger charge is 2.19. The molecule has 0 saturated carbocycles. The molecule has 4 aromatic rings. The van der Waals surface area contributed by atoms with Gasteiger partial charge in [-0.05, 0) is 49.4 Å². The molecule has 1 N–H and O–H groups in total. The van der Waals surface area contributed by atoms with Crippen molar-refractivity contribution in [3.05, 3.63) is 75.8 Å². The van der Waals surface area contributed by atoms with Crippen LogP contribution in [0.5, 0.6) is 0 Å². The Morgan fingerprint density at radius 3 is 2.71 bits per heavy atom. The number of para-hydroxylation sites is 1. The van der Waals surface area contributed by atoms with Crippen LogP contribution in [0.25, 0.3) is 15.9 Å². The van der Waals surface area contributed by atoms with Crippen LogP contribution in [-0.2, 0) is 9.53 Å². The van der Waals surface area contributed by atoms with E-state index in [0.29, 0.717) is 21.2 Å². The molecule has 0 fully saturated rings. The van der Waals surface area contributed by atoms with Crippen LogP contribution in [0.3, 0.4) is 0 Å². The summed E-state index contributed by atoms with van der Waals surface area (Å²) >= 11 is 7.19. The van der Waals surface area contributed by atoms with Gasteiger partial charge >= 0.3 is 5.97 Å². The van der Waals surface area contributed by atoms with E-state index >= 15 is 0 Å². The fourth-order valence-electron chi connectivity index (χ4n) is 2.98. The van der Waals surface area contributed by atoms with E-state index < -0.39 is 18.5 Å². The fraction of sp³-hybridized carbons (Fsp3) is 0.0909. The van der Waals surface area contributed by atoms with Gasteiger partial charge in [0.1, 0.15) is 15.8 Å². The van der Waals surface area contributed by atoms with Crippen molar-refractivity contribution < 1.29 is 14.3 Å². The third-order valence-corrected chi connectivity index (χ3v) is 5.82. The average molecular weight is 451 g/mol. The van der Waals surface area contributed by atoms with Crippen molar-refractivity contribution in [3.63, 3.8) is 0 Å². The number of carbonyl (C=O) groups excluding carboxylic acids is 2. The molecule has 0 aliphatic carbocycles. The largest absolute Gasteiger partial charge is 0.451 e. The number of nitriles is 1. The summed E-state index contributed by atoms with van der Waals surface area (Å²) in [6.07, 6.45) is 0. The lowest BCUT2D eigenvalue weighted by Crippen LogP contribution is -2.21. The number of ether oxygens (including phenoxy) is 1. The molecule has 0 aliphatic rings. The minimum atomic E-state index is -0.605. The minimum Gasteiger partial charge on any atom is -0.451 e. The smallest absolute Gasteiger partial charge is 0.348 e. The van der Waals surface area contributed by atoms with Crippen molar-refractivity contribution in [2.24, 2.45) is 0 Å². The maximum Gasteiger partial charge on any atom is 0.348 e. The maximum atomic E-state index is 12.5. The fourth-order valence-corrected chi connectivity index (χ4v) is 4.19. The molecular weight excluding hydrogens is 436 g/mol. The summed E-state index contributed by atoms with van der Waals surface area (Å²) in [6.45, 7) is 1.39. The second-order valence-electron chi connectivity index (χ2n) is 6.58. The number of aryl methyl sites for hydroxylation is 1. The molecule has 0 radical (unpaired) electrons.